The van der Waals surface area contributed by atoms with Crippen molar-refractivity contribution >= 4 is 11.8 Å². The minimum absolute atomic E-state index is 0.0244. The highest BCUT2D eigenvalue weighted by Crippen LogP contribution is 2.10. The van der Waals surface area contributed by atoms with Crippen LogP contribution in [0.2, 0.25) is 0 Å². The van der Waals surface area contributed by atoms with Gasteiger partial charge in [-0.2, -0.15) is 0 Å². The van der Waals surface area contributed by atoms with Crippen LogP contribution < -0.4 is 11.1 Å². The Labute approximate surface area is 122 Å². The first-order valence-electron chi connectivity index (χ1n) is 6.42. The smallest absolute Gasteiger partial charge is 0.254 e. The lowest BCUT2D eigenvalue weighted by atomic mass is 10.1. The molecule has 0 fully saturated rings. The van der Waals surface area contributed by atoms with Crippen molar-refractivity contribution in [2.45, 2.75) is 25.8 Å². The summed E-state index contributed by atoms with van der Waals surface area (Å²) in [7, 11) is 0. The topological polar surface area (TPSA) is 92.4 Å². The minimum atomic E-state index is -0.675. The van der Waals surface area contributed by atoms with Crippen molar-refractivity contribution in [2.75, 3.05) is 6.61 Å². The van der Waals surface area contributed by atoms with Crippen molar-refractivity contribution in [1.82, 2.24) is 5.32 Å². The van der Waals surface area contributed by atoms with Gasteiger partial charge in [0.25, 0.3) is 5.91 Å². The van der Waals surface area contributed by atoms with Gasteiger partial charge in [0.1, 0.15) is 5.82 Å². The van der Waals surface area contributed by atoms with Gasteiger partial charge in [0.2, 0.25) is 5.91 Å². The predicted molar refractivity (Wildman–Crippen MR) is 75.7 cm³/mol. The number of aliphatic hydroxyl groups is 1. The van der Waals surface area contributed by atoms with E-state index in [0.29, 0.717) is 12.0 Å². The number of carbonyl (C=O) groups is 2. The third-order valence-corrected chi connectivity index (χ3v) is 2.57. The lowest BCUT2D eigenvalue weighted by Gasteiger charge is -2.12. The van der Waals surface area contributed by atoms with Gasteiger partial charge in [0, 0.05) is 24.4 Å². The number of nitrogens with two attached hydrogens (primary N) is 1. The van der Waals surface area contributed by atoms with E-state index in [1.807, 2.05) is 0 Å². The molecule has 1 aromatic rings. The first-order chi connectivity index (χ1) is 9.93. The summed E-state index contributed by atoms with van der Waals surface area (Å²) in [6.07, 6.45) is 0.276. The number of nitrogens with one attached hydrogen (secondary N) is 1. The fourth-order valence-electron chi connectivity index (χ4n) is 1.65. The maximum absolute atomic E-state index is 13.7. The van der Waals surface area contributed by atoms with E-state index < -0.39 is 23.7 Å². The molecule has 0 aliphatic heterocycles. The maximum atomic E-state index is 13.7. The Morgan fingerprint density at radius 2 is 2.19 bits per heavy atom. The lowest BCUT2D eigenvalue weighted by molar-refractivity contribution is -0.118. The highest BCUT2D eigenvalue weighted by molar-refractivity contribution is 5.95. The number of amides is 2. The molecule has 1 aromatic carbocycles. The molecule has 1 rings (SSSR count). The summed E-state index contributed by atoms with van der Waals surface area (Å²) < 4.78 is 13.7. The van der Waals surface area contributed by atoms with E-state index >= 15 is 0 Å². The maximum Gasteiger partial charge on any atom is 0.254 e. The molecule has 0 radical (unpaired) electrons. The van der Waals surface area contributed by atoms with E-state index in [1.54, 1.807) is 6.92 Å². The van der Waals surface area contributed by atoms with Gasteiger partial charge in [0.15, 0.2) is 0 Å². The molecule has 5 nitrogen and oxygen atoms in total. The van der Waals surface area contributed by atoms with Gasteiger partial charge in [-0.15, -0.1) is 0 Å². The zero-order valence-electron chi connectivity index (χ0n) is 11.6. The summed E-state index contributed by atoms with van der Waals surface area (Å²) >= 11 is 0. The molecule has 6 heteroatoms. The van der Waals surface area contributed by atoms with Gasteiger partial charge < -0.3 is 16.2 Å². The first-order valence-corrected chi connectivity index (χ1v) is 6.42. The molecule has 0 spiro atoms. The van der Waals surface area contributed by atoms with Crippen LogP contribution in [0.4, 0.5) is 4.39 Å². The summed E-state index contributed by atoms with van der Waals surface area (Å²) in [6.45, 7) is 1.54. The third kappa shape index (κ3) is 5.63. The summed E-state index contributed by atoms with van der Waals surface area (Å²) in [5.74, 6) is 3.56. The van der Waals surface area contributed by atoms with Crippen LogP contribution >= 0.6 is 0 Å². The van der Waals surface area contributed by atoms with Crippen LogP contribution in [0, 0.1) is 17.7 Å². The summed E-state index contributed by atoms with van der Waals surface area (Å²) in [5.41, 5.74) is 5.35. The van der Waals surface area contributed by atoms with E-state index in [-0.39, 0.29) is 18.6 Å². The van der Waals surface area contributed by atoms with E-state index in [4.69, 9.17) is 10.8 Å². The Bertz CT molecular complexity index is 590. The fourth-order valence-corrected chi connectivity index (χ4v) is 1.65. The van der Waals surface area contributed by atoms with Crippen LogP contribution in [-0.2, 0) is 4.79 Å². The van der Waals surface area contributed by atoms with E-state index in [1.165, 1.54) is 12.1 Å². The van der Waals surface area contributed by atoms with Crippen LogP contribution in [0.25, 0.3) is 0 Å². The monoisotopic (exact) mass is 292 g/mol. The van der Waals surface area contributed by atoms with Gasteiger partial charge in [-0.1, -0.05) is 11.8 Å². The number of rotatable bonds is 5. The zero-order valence-corrected chi connectivity index (χ0v) is 11.6. The number of benzene rings is 1. The van der Waals surface area contributed by atoms with Crippen molar-refractivity contribution in [3.05, 3.63) is 35.1 Å². The lowest BCUT2D eigenvalue weighted by Crippen LogP contribution is -2.36. The molecule has 4 N–H and O–H groups in total. The van der Waals surface area contributed by atoms with E-state index in [0.717, 1.165) is 6.07 Å². The molecule has 0 aromatic heterocycles. The van der Waals surface area contributed by atoms with E-state index in [2.05, 4.69) is 17.2 Å². The van der Waals surface area contributed by atoms with Crippen LogP contribution in [0.5, 0.6) is 0 Å². The second kappa shape index (κ2) is 8.02. The van der Waals surface area contributed by atoms with Gasteiger partial charge >= 0.3 is 0 Å². The Morgan fingerprint density at radius 1 is 1.48 bits per heavy atom. The molecular weight excluding hydrogens is 275 g/mol. The predicted octanol–water partition coefficient (Wildman–Crippen LogP) is 0.553. The molecule has 1 atom stereocenters. The van der Waals surface area contributed by atoms with Crippen LogP contribution in [0.1, 0.15) is 35.7 Å². The van der Waals surface area contributed by atoms with Crippen LogP contribution in [-0.4, -0.2) is 29.6 Å². The van der Waals surface area contributed by atoms with Gasteiger partial charge in [-0.05, 0) is 25.1 Å². The van der Waals surface area contributed by atoms with Crippen LogP contribution in [0.3, 0.4) is 0 Å². The molecule has 1 unspecified atom stereocenters. The molecule has 112 valence electrons. The third-order valence-electron chi connectivity index (χ3n) is 2.57. The molecule has 0 aliphatic carbocycles. The average Bonchev–Trinajstić information content (AvgIpc) is 2.39. The van der Waals surface area contributed by atoms with E-state index in [9.17, 15) is 14.0 Å². The molecule has 2 amide bonds. The second-order valence-corrected chi connectivity index (χ2v) is 4.51. The molecule has 0 aliphatic rings. The van der Waals surface area contributed by atoms with Crippen molar-refractivity contribution in [3.63, 3.8) is 0 Å². The van der Waals surface area contributed by atoms with Gasteiger partial charge in [-0.3, -0.25) is 9.59 Å². The average molecular weight is 292 g/mol. The molecule has 0 heterocycles. The Balaban J connectivity index is 2.86. The quantitative estimate of drug-likeness (QED) is 0.692. The standard InChI is InChI=1S/C15H17FN2O3/c1-10(8-14(17)20)18-15(21)12-9-11(4-2-3-7-19)5-6-13(12)16/h5-6,9-10,19H,3,7-8H2,1H3,(H2,17,20)(H,18,21). The van der Waals surface area contributed by atoms with Gasteiger partial charge in [-0.25, -0.2) is 4.39 Å². The number of carbonyl (C=O) groups excluding carboxylic acids is 2. The summed E-state index contributed by atoms with van der Waals surface area (Å²) in [6, 6.07) is 3.44. The minimum Gasteiger partial charge on any atom is -0.395 e. The normalized spacial score (nSPS) is 11.2. The zero-order chi connectivity index (χ0) is 15.8. The number of halogens is 1. The van der Waals surface area contributed by atoms with Crippen molar-refractivity contribution in [1.29, 1.82) is 0 Å². The molecule has 0 saturated carbocycles. The highest BCUT2D eigenvalue weighted by atomic mass is 19.1. The Morgan fingerprint density at radius 3 is 2.81 bits per heavy atom. The molecule has 21 heavy (non-hydrogen) atoms. The number of hydrogen-bond acceptors (Lipinski definition) is 3. The number of hydrogen-bond donors (Lipinski definition) is 3. The number of aliphatic hydroxyl groups excluding tert-OH is 1. The molecule has 0 bridgehead atoms. The summed E-state index contributed by atoms with van der Waals surface area (Å²) in [5, 5.41) is 11.1. The highest BCUT2D eigenvalue weighted by Gasteiger charge is 2.15. The Hall–Kier alpha value is -2.39. The van der Waals surface area contributed by atoms with Crippen LogP contribution in [0.15, 0.2) is 18.2 Å². The summed E-state index contributed by atoms with van der Waals surface area (Å²) in [4.78, 5) is 22.7. The first kappa shape index (κ1) is 16.7. The largest absolute Gasteiger partial charge is 0.395 e. The van der Waals surface area contributed by atoms with Gasteiger partial charge in [0.05, 0.1) is 12.2 Å². The Kier molecular flexibility index (Phi) is 6.37. The fraction of sp³-hybridized carbons (Fsp3) is 0.333. The van der Waals surface area contributed by atoms with Crippen molar-refractivity contribution in [3.8, 4) is 11.8 Å². The number of primary amides is 1. The van der Waals surface area contributed by atoms with Crippen molar-refractivity contribution in [2.24, 2.45) is 5.73 Å². The SMILES string of the molecule is CC(CC(N)=O)NC(=O)c1cc(C#CCCO)ccc1F. The molecule has 0 saturated heterocycles. The van der Waals surface area contributed by atoms with Crippen molar-refractivity contribution < 1.29 is 19.1 Å². The second-order valence-electron chi connectivity index (χ2n) is 4.51. The molecular formula is C15H17FN2O3.